The summed E-state index contributed by atoms with van der Waals surface area (Å²) in [6.45, 7) is 6.97. The zero-order valence-electron chi connectivity index (χ0n) is 10.8. The molecule has 0 spiro atoms. The fraction of sp³-hybridized carbons (Fsp3) is 0.917. The molecule has 0 amide bonds. The fourth-order valence-electron chi connectivity index (χ4n) is 2.56. The van der Waals surface area contributed by atoms with Crippen LogP contribution in [0.3, 0.4) is 0 Å². The lowest BCUT2D eigenvalue weighted by Crippen LogP contribution is -2.51. The number of nitrogens with one attached hydrogen (secondary N) is 1. The van der Waals surface area contributed by atoms with E-state index in [2.05, 4.69) is 31.1 Å². The van der Waals surface area contributed by atoms with Gasteiger partial charge in [-0.15, -0.1) is 0 Å². The van der Waals surface area contributed by atoms with Gasteiger partial charge >= 0.3 is 5.97 Å². The van der Waals surface area contributed by atoms with E-state index in [4.69, 9.17) is 0 Å². The monoisotopic (exact) mass is 228 g/mol. The molecule has 94 valence electrons. The lowest BCUT2D eigenvalue weighted by atomic mass is 9.97. The third kappa shape index (κ3) is 2.55. The van der Waals surface area contributed by atoms with Gasteiger partial charge in [-0.25, -0.2) is 0 Å². The summed E-state index contributed by atoms with van der Waals surface area (Å²) in [5.74, 6) is -0.700. The Hall–Kier alpha value is -0.610. The molecule has 0 bridgehead atoms. The second-order valence-corrected chi connectivity index (χ2v) is 5.07. The normalized spacial score (nSPS) is 30.2. The molecule has 2 atom stereocenters. The van der Waals surface area contributed by atoms with E-state index in [0.717, 1.165) is 12.8 Å². The number of hydrogen-bond donors (Lipinski definition) is 2. The van der Waals surface area contributed by atoms with Crippen molar-refractivity contribution in [2.75, 3.05) is 13.6 Å². The van der Waals surface area contributed by atoms with Crippen molar-refractivity contribution in [2.24, 2.45) is 0 Å². The highest BCUT2D eigenvalue weighted by Crippen LogP contribution is 2.33. The van der Waals surface area contributed by atoms with E-state index in [0.29, 0.717) is 25.0 Å². The lowest BCUT2D eigenvalue weighted by molar-refractivity contribution is -0.144. The van der Waals surface area contributed by atoms with E-state index >= 15 is 0 Å². The summed E-state index contributed by atoms with van der Waals surface area (Å²) in [4.78, 5) is 13.7. The van der Waals surface area contributed by atoms with Crippen LogP contribution < -0.4 is 5.32 Å². The second-order valence-electron chi connectivity index (χ2n) is 5.07. The van der Waals surface area contributed by atoms with Gasteiger partial charge < -0.3 is 15.3 Å². The Labute approximate surface area is 98.0 Å². The van der Waals surface area contributed by atoms with E-state index < -0.39 is 11.5 Å². The summed E-state index contributed by atoms with van der Waals surface area (Å²) < 4.78 is 0. The Morgan fingerprint density at radius 2 is 2.25 bits per heavy atom. The number of likely N-dealkylation sites (N-methyl/N-ethyl adjacent to an activating group) is 1. The molecule has 0 aromatic carbocycles. The average molecular weight is 228 g/mol. The van der Waals surface area contributed by atoms with Gasteiger partial charge in [0.05, 0.1) is 0 Å². The van der Waals surface area contributed by atoms with Crippen molar-refractivity contribution in [1.29, 1.82) is 0 Å². The van der Waals surface area contributed by atoms with Gasteiger partial charge in [-0.2, -0.15) is 0 Å². The first-order valence-electron chi connectivity index (χ1n) is 6.13. The van der Waals surface area contributed by atoms with Crippen LogP contribution in [0.15, 0.2) is 0 Å². The van der Waals surface area contributed by atoms with Crippen LogP contribution in [-0.2, 0) is 4.79 Å². The Morgan fingerprint density at radius 3 is 2.69 bits per heavy atom. The minimum Gasteiger partial charge on any atom is -0.480 e. The summed E-state index contributed by atoms with van der Waals surface area (Å²) in [7, 11) is 2.08. The molecular weight excluding hydrogens is 204 g/mol. The molecule has 0 saturated heterocycles. The van der Waals surface area contributed by atoms with Gasteiger partial charge in [0.1, 0.15) is 5.54 Å². The van der Waals surface area contributed by atoms with Crippen LogP contribution in [0.5, 0.6) is 0 Å². The molecule has 0 heterocycles. The van der Waals surface area contributed by atoms with Crippen LogP contribution in [0, 0.1) is 0 Å². The van der Waals surface area contributed by atoms with Gasteiger partial charge in [-0.1, -0.05) is 6.92 Å². The molecule has 0 aliphatic heterocycles. The molecule has 1 saturated carbocycles. The molecule has 1 aliphatic carbocycles. The quantitative estimate of drug-likeness (QED) is 0.745. The largest absolute Gasteiger partial charge is 0.480 e. The Kier molecular flexibility index (Phi) is 4.33. The third-order valence-corrected chi connectivity index (χ3v) is 3.80. The van der Waals surface area contributed by atoms with Gasteiger partial charge in [0.15, 0.2) is 0 Å². The predicted octanol–water partition coefficient (Wildman–Crippen LogP) is 1.31. The second kappa shape index (κ2) is 5.15. The van der Waals surface area contributed by atoms with E-state index in [-0.39, 0.29) is 0 Å². The molecule has 4 nitrogen and oxygen atoms in total. The van der Waals surface area contributed by atoms with E-state index in [1.54, 1.807) is 0 Å². The maximum absolute atomic E-state index is 11.4. The molecule has 2 unspecified atom stereocenters. The topological polar surface area (TPSA) is 52.6 Å². The standard InChI is InChI=1S/C12H24N2O2/c1-5-13-12(11(15)16)7-6-10(8-12)14(4)9(2)3/h9-10,13H,5-8H2,1-4H3,(H,15,16). The average Bonchev–Trinajstić information content (AvgIpc) is 2.62. The molecule has 16 heavy (non-hydrogen) atoms. The van der Waals surface area contributed by atoms with E-state index in [1.165, 1.54) is 0 Å². The maximum Gasteiger partial charge on any atom is 0.323 e. The molecule has 4 heteroatoms. The zero-order valence-corrected chi connectivity index (χ0v) is 10.8. The molecule has 2 N–H and O–H groups in total. The van der Waals surface area contributed by atoms with E-state index in [9.17, 15) is 9.90 Å². The van der Waals surface area contributed by atoms with Gasteiger partial charge in [0.2, 0.25) is 0 Å². The number of aliphatic carboxylic acids is 1. The Balaban J connectivity index is 2.70. The number of nitrogens with zero attached hydrogens (tertiary/aromatic N) is 1. The molecule has 1 aliphatic rings. The fourth-order valence-corrected chi connectivity index (χ4v) is 2.56. The first-order valence-corrected chi connectivity index (χ1v) is 6.13. The summed E-state index contributed by atoms with van der Waals surface area (Å²) in [5.41, 5.74) is -0.692. The smallest absolute Gasteiger partial charge is 0.323 e. The van der Waals surface area contributed by atoms with Gasteiger partial charge in [-0.3, -0.25) is 4.79 Å². The molecular formula is C12H24N2O2. The van der Waals surface area contributed by atoms with Crippen molar-refractivity contribution in [3.63, 3.8) is 0 Å². The SMILES string of the molecule is CCNC1(C(=O)O)CCC(N(C)C(C)C)C1. The van der Waals surface area contributed by atoms with E-state index in [1.807, 2.05) is 6.92 Å². The summed E-state index contributed by atoms with van der Waals surface area (Å²) in [5, 5.41) is 12.5. The van der Waals surface area contributed by atoms with Crippen LogP contribution in [-0.4, -0.2) is 47.2 Å². The minimum absolute atomic E-state index is 0.384. The summed E-state index contributed by atoms with van der Waals surface area (Å²) >= 11 is 0. The van der Waals surface area contributed by atoms with Crippen molar-refractivity contribution in [1.82, 2.24) is 10.2 Å². The Bertz CT molecular complexity index is 255. The molecule has 0 aromatic heterocycles. The maximum atomic E-state index is 11.4. The first-order chi connectivity index (χ1) is 7.43. The predicted molar refractivity (Wildman–Crippen MR) is 64.6 cm³/mol. The third-order valence-electron chi connectivity index (χ3n) is 3.80. The number of carbonyl (C=O) groups is 1. The van der Waals surface area contributed by atoms with Crippen LogP contribution in [0.2, 0.25) is 0 Å². The van der Waals surface area contributed by atoms with Crippen molar-refractivity contribution in [3.05, 3.63) is 0 Å². The van der Waals surface area contributed by atoms with Gasteiger partial charge in [-0.05, 0) is 46.7 Å². The highest BCUT2D eigenvalue weighted by Gasteiger charge is 2.46. The van der Waals surface area contributed by atoms with Crippen molar-refractivity contribution in [3.8, 4) is 0 Å². The Morgan fingerprint density at radius 1 is 1.62 bits per heavy atom. The van der Waals surface area contributed by atoms with Gasteiger partial charge in [0.25, 0.3) is 0 Å². The highest BCUT2D eigenvalue weighted by atomic mass is 16.4. The van der Waals surface area contributed by atoms with Gasteiger partial charge in [0, 0.05) is 12.1 Å². The highest BCUT2D eigenvalue weighted by molar-refractivity contribution is 5.79. The van der Waals surface area contributed by atoms with Crippen LogP contribution in [0.25, 0.3) is 0 Å². The van der Waals surface area contributed by atoms with Crippen LogP contribution in [0.1, 0.15) is 40.0 Å². The number of carboxylic acids is 1. The minimum atomic E-state index is -0.700. The van der Waals surface area contributed by atoms with Crippen molar-refractivity contribution in [2.45, 2.75) is 57.7 Å². The summed E-state index contributed by atoms with van der Waals surface area (Å²) in [6, 6.07) is 0.853. The van der Waals surface area contributed by atoms with Crippen molar-refractivity contribution >= 4 is 5.97 Å². The first kappa shape index (κ1) is 13.5. The molecule has 1 rings (SSSR count). The number of rotatable bonds is 5. The molecule has 1 fully saturated rings. The van der Waals surface area contributed by atoms with Crippen molar-refractivity contribution < 1.29 is 9.90 Å². The zero-order chi connectivity index (χ0) is 12.3. The summed E-state index contributed by atoms with van der Waals surface area (Å²) in [6.07, 6.45) is 2.41. The number of hydrogen-bond acceptors (Lipinski definition) is 3. The van der Waals surface area contributed by atoms with Crippen LogP contribution >= 0.6 is 0 Å². The van der Waals surface area contributed by atoms with Crippen LogP contribution in [0.4, 0.5) is 0 Å². The molecule has 0 aromatic rings. The lowest BCUT2D eigenvalue weighted by Gasteiger charge is -2.30. The number of carboxylic acid groups (broad SMARTS) is 1. The molecule has 0 radical (unpaired) electrons.